The van der Waals surface area contributed by atoms with Crippen molar-refractivity contribution < 1.29 is 19.1 Å². The predicted octanol–water partition coefficient (Wildman–Crippen LogP) is 2.94. The van der Waals surface area contributed by atoms with Crippen LogP contribution in [0.5, 0.6) is 5.75 Å². The molecule has 0 radical (unpaired) electrons. The SMILES string of the molecule is COc1cccc(C)c1C(C)(C=O)NC(=O)OC(C)(C)C. The molecule has 1 N–H and O–H groups in total. The molecule has 1 aromatic rings. The molecular formula is C16H23NO4. The van der Waals surface area contributed by atoms with E-state index >= 15 is 0 Å². The van der Waals surface area contributed by atoms with Crippen LogP contribution < -0.4 is 10.1 Å². The highest BCUT2D eigenvalue weighted by molar-refractivity contribution is 5.79. The zero-order valence-corrected chi connectivity index (χ0v) is 13.4. The highest BCUT2D eigenvalue weighted by atomic mass is 16.6. The molecule has 1 atom stereocenters. The van der Waals surface area contributed by atoms with Gasteiger partial charge in [0.05, 0.1) is 7.11 Å². The Hall–Kier alpha value is -2.04. The summed E-state index contributed by atoms with van der Waals surface area (Å²) in [4.78, 5) is 23.6. The second-order valence-electron chi connectivity index (χ2n) is 6.10. The van der Waals surface area contributed by atoms with Gasteiger partial charge in [0.2, 0.25) is 0 Å². The molecule has 0 aromatic heterocycles. The van der Waals surface area contributed by atoms with Gasteiger partial charge in [-0.05, 0) is 46.2 Å². The third-order valence-electron chi connectivity index (χ3n) is 2.97. The number of benzene rings is 1. The Morgan fingerprint density at radius 3 is 2.33 bits per heavy atom. The average molecular weight is 293 g/mol. The number of methoxy groups -OCH3 is 1. The molecule has 0 spiro atoms. The predicted molar refractivity (Wildman–Crippen MR) is 80.5 cm³/mol. The van der Waals surface area contributed by atoms with Crippen LogP contribution in [-0.2, 0) is 15.1 Å². The highest BCUT2D eigenvalue weighted by Crippen LogP contribution is 2.31. The van der Waals surface area contributed by atoms with Gasteiger partial charge in [-0.15, -0.1) is 0 Å². The minimum absolute atomic E-state index is 0.542. The van der Waals surface area contributed by atoms with Gasteiger partial charge in [0, 0.05) is 5.56 Å². The Labute approximate surface area is 125 Å². The number of aldehydes is 1. The number of hydrogen-bond acceptors (Lipinski definition) is 4. The Morgan fingerprint density at radius 2 is 1.86 bits per heavy atom. The van der Waals surface area contributed by atoms with Gasteiger partial charge in [-0.2, -0.15) is 0 Å². The molecule has 1 rings (SSSR count). The smallest absolute Gasteiger partial charge is 0.408 e. The second-order valence-corrected chi connectivity index (χ2v) is 6.10. The molecule has 0 bridgehead atoms. The van der Waals surface area contributed by atoms with Crippen molar-refractivity contribution in [3.8, 4) is 5.75 Å². The van der Waals surface area contributed by atoms with Crippen LogP contribution in [0, 0.1) is 6.92 Å². The first kappa shape index (κ1) is 17.0. The third-order valence-corrected chi connectivity index (χ3v) is 2.97. The first-order valence-electron chi connectivity index (χ1n) is 6.74. The molecule has 1 aromatic carbocycles. The van der Waals surface area contributed by atoms with Gasteiger partial charge >= 0.3 is 6.09 Å². The molecule has 5 nitrogen and oxygen atoms in total. The lowest BCUT2D eigenvalue weighted by Crippen LogP contribution is -2.47. The topological polar surface area (TPSA) is 64.6 Å². The van der Waals surface area contributed by atoms with Crippen LogP contribution >= 0.6 is 0 Å². The lowest BCUT2D eigenvalue weighted by molar-refractivity contribution is -0.113. The van der Waals surface area contributed by atoms with Crippen LogP contribution in [0.1, 0.15) is 38.8 Å². The fourth-order valence-electron chi connectivity index (χ4n) is 2.14. The van der Waals surface area contributed by atoms with Gasteiger partial charge in [0.15, 0.2) is 0 Å². The number of hydrogen-bond donors (Lipinski definition) is 1. The summed E-state index contributed by atoms with van der Waals surface area (Å²) < 4.78 is 10.5. The summed E-state index contributed by atoms with van der Waals surface area (Å²) in [6.07, 6.45) is 0.0318. The van der Waals surface area contributed by atoms with Crippen LogP contribution in [0.2, 0.25) is 0 Å². The van der Waals surface area contributed by atoms with Gasteiger partial charge in [-0.25, -0.2) is 4.79 Å². The van der Waals surface area contributed by atoms with E-state index in [1.807, 2.05) is 19.1 Å². The van der Waals surface area contributed by atoms with Crippen molar-refractivity contribution in [1.29, 1.82) is 0 Å². The van der Waals surface area contributed by atoms with Crippen molar-refractivity contribution in [3.05, 3.63) is 29.3 Å². The molecule has 0 aliphatic heterocycles. The fraction of sp³-hybridized carbons (Fsp3) is 0.500. The molecule has 0 saturated carbocycles. The highest BCUT2D eigenvalue weighted by Gasteiger charge is 2.34. The van der Waals surface area contributed by atoms with Crippen LogP contribution in [-0.4, -0.2) is 25.1 Å². The standard InChI is InChI=1S/C16H23NO4/c1-11-8-7-9-12(20-6)13(11)16(5,10-18)17-14(19)21-15(2,3)4/h7-10H,1-6H3,(H,17,19). The Morgan fingerprint density at radius 1 is 1.24 bits per heavy atom. The summed E-state index contributed by atoms with van der Waals surface area (Å²) in [6, 6.07) is 5.44. The maximum Gasteiger partial charge on any atom is 0.408 e. The fourth-order valence-corrected chi connectivity index (χ4v) is 2.14. The van der Waals surface area contributed by atoms with Gasteiger partial charge in [0.1, 0.15) is 23.2 Å². The number of carbonyl (C=O) groups is 2. The summed E-state index contributed by atoms with van der Waals surface area (Å²) in [6.45, 7) is 8.77. The zero-order chi connectivity index (χ0) is 16.3. The Kier molecular flexibility index (Phi) is 4.99. The molecule has 1 unspecified atom stereocenters. The van der Waals surface area contributed by atoms with Gasteiger partial charge in [-0.1, -0.05) is 12.1 Å². The maximum atomic E-state index is 12.0. The molecule has 21 heavy (non-hydrogen) atoms. The van der Waals surface area contributed by atoms with E-state index in [0.29, 0.717) is 17.6 Å². The van der Waals surface area contributed by atoms with E-state index in [4.69, 9.17) is 9.47 Å². The minimum atomic E-state index is -1.22. The van der Waals surface area contributed by atoms with Gasteiger partial charge < -0.3 is 19.6 Å². The van der Waals surface area contributed by atoms with E-state index < -0.39 is 17.2 Å². The summed E-state index contributed by atoms with van der Waals surface area (Å²) >= 11 is 0. The van der Waals surface area contributed by atoms with E-state index in [1.165, 1.54) is 7.11 Å². The van der Waals surface area contributed by atoms with Crippen LogP contribution in [0.15, 0.2) is 18.2 Å². The van der Waals surface area contributed by atoms with Crippen molar-refractivity contribution in [2.75, 3.05) is 7.11 Å². The number of carbonyl (C=O) groups excluding carboxylic acids is 2. The number of aryl methyl sites for hydroxylation is 1. The van der Waals surface area contributed by atoms with E-state index in [0.717, 1.165) is 5.56 Å². The molecule has 5 heteroatoms. The quantitative estimate of drug-likeness (QED) is 0.867. The summed E-state index contributed by atoms with van der Waals surface area (Å²) in [5.74, 6) is 0.542. The first-order chi connectivity index (χ1) is 9.63. The summed E-state index contributed by atoms with van der Waals surface area (Å²) in [5, 5.41) is 2.62. The number of rotatable bonds is 4. The first-order valence-corrected chi connectivity index (χ1v) is 6.74. The van der Waals surface area contributed by atoms with Gasteiger partial charge in [-0.3, -0.25) is 0 Å². The van der Waals surface area contributed by atoms with Crippen LogP contribution in [0.3, 0.4) is 0 Å². The van der Waals surface area contributed by atoms with Crippen molar-refractivity contribution in [1.82, 2.24) is 5.32 Å². The Balaban J connectivity index is 3.16. The van der Waals surface area contributed by atoms with E-state index in [2.05, 4.69) is 5.32 Å². The van der Waals surface area contributed by atoms with Crippen molar-refractivity contribution in [2.45, 2.75) is 45.8 Å². The average Bonchev–Trinajstić information content (AvgIpc) is 2.35. The monoisotopic (exact) mass is 293 g/mol. The number of alkyl carbamates (subject to hydrolysis) is 1. The molecule has 0 aliphatic rings. The normalized spacial score (nSPS) is 14.0. The lowest BCUT2D eigenvalue weighted by atomic mass is 9.89. The molecule has 0 aliphatic carbocycles. The molecule has 116 valence electrons. The summed E-state index contributed by atoms with van der Waals surface area (Å²) in [5.41, 5.74) is -0.392. The van der Waals surface area contributed by atoms with E-state index in [-0.39, 0.29) is 0 Å². The lowest BCUT2D eigenvalue weighted by Gasteiger charge is -2.30. The van der Waals surface area contributed by atoms with Crippen molar-refractivity contribution in [3.63, 3.8) is 0 Å². The molecule has 0 saturated heterocycles. The van der Waals surface area contributed by atoms with Gasteiger partial charge in [0.25, 0.3) is 0 Å². The Bertz CT molecular complexity index is 534. The zero-order valence-electron chi connectivity index (χ0n) is 13.4. The molecular weight excluding hydrogens is 270 g/mol. The van der Waals surface area contributed by atoms with Crippen molar-refractivity contribution in [2.24, 2.45) is 0 Å². The molecule has 1 amide bonds. The third kappa shape index (κ3) is 4.21. The van der Waals surface area contributed by atoms with E-state index in [9.17, 15) is 9.59 Å². The minimum Gasteiger partial charge on any atom is -0.496 e. The second kappa shape index (κ2) is 6.16. The summed E-state index contributed by atoms with van der Waals surface area (Å²) in [7, 11) is 1.52. The molecule has 0 heterocycles. The number of ether oxygens (including phenoxy) is 2. The largest absolute Gasteiger partial charge is 0.496 e. The number of amides is 1. The van der Waals surface area contributed by atoms with E-state index in [1.54, 1.807) is 33.8 Å². The molecule has 0 fully saturated rings. The van der Waals surface area contributed by atoms with Crippen LogP contribution in [0.25, 0.3) is 0 Å². The van der Waals surface area contributed by atoms with Crippen molar-refractivity contribution >= 4 is 12.4 Å². The van der Waals surface area contributed by atoms with Crippen LogP contribution in [0.4, 0.5) is 4.79 Å². The maximum absolute atomic E-state index is 12.0. The number of nitrogens with one attached hydrogen (secondary N) is 1.